The van der Waals surface area contributed by atoms with Gasteiger partial charge >= 0.3 is 6.03 Å². The van der Waals surface area contributed by atoms with Crippen LogP contribution in [-0.4, -0.2) is 63.8 Å². The Labute approximate surface area is 262 Å². The second kappa shape index (κ2) is 11.4. The zero-order valence-electron chi connectivity index (χ0n) is 25.2. The normalized spacial score (nSPS) is 22.3. The fourth-order valence-electron chi connectivity index (χ4n) is 5.64. The molecule has 0 radical (unpaired) electrons. The average Bonchev–Trinajstić information content (AvgIpc) is 3.21. The Morgan fingerprint density at radius 2 is 1.63 bits per heavy atom. The van der Waals surface area contributed by atoms with Gasteiger partial charge < -0.3 is 15.0 Å². The summed E-state index contributed by atoms with van der Waals surface area (Å²) in [6, 6.07) is 14.5. The van der Waals surface area contributed by atoms with Crippen LogP contribution in [0.25, 0.3) is 0 Å². The summed E-state index contributed by atoms with van der Waals surface area (Å²) in [5, 5.41) is 3.95. The van der Waals surface area contributed by atoms with Crippen LogP contribution in [0.1, 0.15) is 64.1 Å². The third-order valence-corrected chi connectivity index (χ3v) is 8.70. The molecule has 2 atom stereocenters. The van der Waals surface area contributed by atoms with Crippen molar-refractivity contribution in [3.8, 4) is 5.88 Å². The number of piperazine rings is 1. The molecule has 0 aliphatic carbocycles. The highest BCUT2D eigenvalue weighted by Gasteiger charge is 2.60. The second-order valence-electron chi connectivity index (χ2n) is 12.1. The molecule has 43 heavy (non-hydrogen) atoms. The van der Waals surface area contributed by atoms with Crippen LogP contribution in [0.2, 0.25) is 10.0 Å². The van der Waals surface area contributed by atoms with Crippen molar-refractivity contribution in [1.82, 2.24) is 25.1 Å². The number of nitrogens with zero attached hydrogens (tertiary/aromatic N) is 5. The molecule has 0 unspecified atom stereocenters. The van der Waals surface area contributed by atoms with Crippen molar-refractivity contribution in [2.24, 2.45) is 4.99 Å². The van der Waals surface area contributed by atoms with Crippen LogP contribution in [-0.2, 0) is 21.3 Å². The highest BCUT2D eigenvalue weighted by atomic mass is 35.5. The van der Waals surface area contributed by atoms with Gasteiger partial charge in [-0.3, -0.25) is 14.7 Å². The summed E-state index contributed by atoms with van der Waals surface area (Å²) in [5.41, 5.74) is -0.355. The lowest BCUT2D eigenvalue weighted by atomic mass is 9.71. The van der Waals surface area contributed by atoms with E-state index in [1.165, 1.54) is 0 Å². The molecule has 3 heterocycles. The molecule has 1 aromatic heterocycles. The van der Waals surface area contributed by atoms with Gasteiger partial charge in [-0.25, -0.2) is 9.78 Å². The summed E-state index contributed by atoms with van der Waals surface area (Å²) in [6.45, 7) is 12.9. The smallest absolute Gasteiger partial charge is 0.327 e. The Hall–Kier alpha value is -3.69. The maximum Gasteiger partial charge on any atom is 0.327 e. The first-order chi connectivity index (χ1) is 20.3. The molecule has 2 aliphatic rings. The molecule has 1 fully saturated rings. The lowest BCUT2D eigenvalue weighted by molar-refractivity contribution is -0.123. The second-order valence-corrected chi connectivity index (χ2v) is 13.0. The van der Waals surface area contributed by atoms with Crippen molar-refractivity contribution in [2.45, 2.75) is 58.0 Å². The van der Waals surface area contributed by atoms with Crippen molar-refractivity contribution in [3.05, 3.63) is 87.3 Å². The number of hydrogen-bond acceptors (Lipinski definition) is 6. The molecule has 0 spiro atoms. The summed E-state index contributed by atoms with van der Waals surface area (Å²) in [6.07, 6.45) is 1.68. The van der Waals surface area contributed by atoms with Gasteiger partial charge in [0.1, 0.15) is 29.3 Å². The SMILES string of the molecule is CCOc1nc(C(C)(C)C)ncc1C1=N[C@@](C)(c2ccc(Cl)cc2)[C@@](C)(c2ccc(Cl)cc2)N1C(=O)N1CCNC(=O)C1. The van der Waals surface area contributed by atoms with Gasteiger partial charge in [0.2, 0.25) is 11.8 Å². The molecule has 1 N–H and O–H groups in total. The highest BCUT2D eigenvalue weighted by Crippen LogP contribution is 2.54. The van der Waals surface area contributed by atoms with Gasteiger partial charge in [0.25, 0.3) is 0 Å². The van der Waals surface area contributed by atoms with Crippen LogP contribution in [0, 0.1) is 0 Å². The minimum atomic E-state index is -1.10. The van der Waals surface area contributed by atoms with Crippen molar-refractivity contribution >= 4 is 41.0 Å². The fraction of sp³-hybridized carbons (Fsp3) is 0.406. The van der Waals surface area contributed by atoms with Crippen LogP contribution >= 0.6 is 23.2 Å². The molecular formula is C32H36Cl2N6O3. The maximum atomic E-state index is 14.7. The minimum Gasteiger partial charge on any atom is -0.477 e. The highest BCUT2D eigenvalue weighted by molar-refractivity contribution is 6.30. The van der Waals surface area contributed by atoms with E-state index in [0.717, 1.165) is 11.1 Å². The first-order valence-electron chi connectivity index (χ1n) is 14.3. The first-order valence-corrected chi connectivity index (χ1v) is 15.0. The number of carbonyl (C=O) groups is 2. The van der Waals surface area contributed by atoms with Crippen molar-refractivity contribution in [3.63, 3.8) is 0 Å². The number of urea groups is 1. The first kappa shape index (κ1) is 30.8. The predicted molar refractivity (Wildman–Crippen MR) is 168 cm³/mol. The van der Waals surface area contributed by atoms with E-state index in [0.29, 0.717) is 52.8 Å². The number of carbonyl (C=O) groups excluding carboxylic acids is 2. The molecule has 5 rings (SSSR count). The number of aliphatic imine (C=N–C) groups is 1. The monoisotopic (exact) mass is 622 g/mol. The van der Waals surface area contributed by atoms with Crippen LogP contribution in [0.15, 0.2) is 59.7 Å². The van der Waals surface area contributed by atoms with E-state index >= 15 is 0 Å². The minimum absolute atomic E-state index is 0.0747. The third kappa shape index (κ3) is 5.45. The van der Waals surface area contributed by atoms with Crippen LogP contribution in [0.5, 0.6) is 5.88 Å². The van der Waals surface area contributed by atoms with Crippen molar-refractivity contribution in [1.29, 1.82) is 0 Å². The molecule has 11 heteroatoms. The molecule has 9 nitrogen and oxygen atoms in total. The Morgan fingerprint density at radius 1 is 1.02 bits per heavy atom. The van der Waals surface area contributed by atoms with E-state index in [1.54, 1.807) is 28.1 Å². The van der Waals surface area contributed by atoms with Gasteiger partial charge in [-0.2, -0.15) is 4.98 Å². The standard InChI is InChI=1S/C32H36Cl2N6O3/c1-7-43-27-24(18-36-28(37-27)30(2,3)4)26-38-31(5,20-8-12-22(33)13-9-20)32(6,21-10-14-23(34)15-11-21)40(26)29(42)39-17-16-35-25(41)19-39/h8-15,18H,7,16-17,19H2,1-6H3,(H,35,41)/t31-,32+/m0/s1. The number of benzene rings is 2. The zero-order chi connectivity index (χ0) is 31.2. The number of amidine groups is 1. The van der Waals surface area contributed by atoms with Gasteiger partial charge in [-0.15, -0.1) is 0 Å². The maximum absolute atomic E-state index is 14.7. The number of hydrogen-bond donors (Lipinski definition) is 1. The number of ether oxygens (including phenoxy) is 1. The molecule has 2 aliphatic heterocycles. The molecule has 0 saturated carbocycles. The zero-order valence-corrected chi connectivity index (χ0v) is 26.8. The Kier molecular flexibility index (Phi) is 8.17. The molecule has 2 aromatic carbocycles. The summed E-state index contributed by atoms with van der Waals surface area (Å²) in [5.74, 6) is 1.05. The quantitative estimate of drug-likeness (QED) is 0.380. The summed E-state index contributed by atoms with van der Waals surface area (Å²) >= 11 is 12.6. The summed E-state index contributed by atoms with van der Waals surface area (Å²) in [4.78, 5) is 45.2. The predicted octanol–water partition coefficient (Wildman–Crippen LogP) is 5.92. The Morgan fingerprint density at radius 3 is 2.19 bits per heavy atom. The average molecular weight is 624 g/mol. The van der Waals surface area contributed by atoms with E-state index in [2.05, 4.69) is 5.32 Å². The number of halogens is 2. The van der Waals surface area contributed by atoms with Gasteiger partial charge in [0, 0.05) is 34.7 Å². The van der Waals surface area contributed by atoms with E-state index < -0.39 is 11.1 Å². The van der Waals surface area contributed by atoms with E-state index in [1.807, 2.05) is 77.9 Å². The third-order valence-electron chi connectivity index (χ3n) is 8.20. The Balaban J connectivity index is 1.81. The van der Waals surface area contributed by atoms with Crippen molar-refractivity contribution < 1.29 is 14.3 Å². The molecule has 226 valence electrons. The molecule has 1 saturated heterocycles. The van der Waals surface area contributed by atoms with Gasteiger partial charge in [-0.1, -0.05) is 68.2 Å². The molecule has 3 aromatic rings. The molecule has 0 bridgehead atoms. The Bertz CT molecular complexity index is 1570. The summed E-state index contributed by atoms with van der Waals surface area (Å²) < 4.78 is 6.07. The number of nitrogens with one attached hydrogen (secondary N) is 1. The summed E-state index contributed by atoms with van der Waals surface area (Å²) in [7, 11) is 0. The lowest BCUT2D eigenvalue weighted by Crippen LogP contribution is -2.61. The fourth-order valence-corrected chi connectivity index (χ4v) is 5.89. The van der Waals surface area contributed by atoms with E-state index in [9.17, 15) is 9.59 Å². The van der Waals surface area contributed by atoms with Crippen LogP contribution < -0.4 is 10.1 Å². The van der Waals surface area contributed by atoms with Crippen LogP contribution in [0.3, 0.4) is 0 Å². The van der Waals surface area contributed by atoms with Gasteiger partial charge in [-0.05, 0) is 56.2 Å². The lowest BCUT2D eigenvalue weighted by Gasteiger charge is -2.46. The van der Waals surface area contributed by atoms with Gasteiger partial charge in [0.15, 0.2) is 0 Å². The van der Waals surface area contributed by atoms with Gasteiger partial charge in [0.05, 0.1) is 12.2 Å². The molecule has 3 amide bonds. The van der Waals surface area contributed by atoms with Crippen LogP contribution in [0.4, 0.5) is 4.79 Å². The van der Waals surface area contributed by atoms with E-state index in [-0.39, 0.29) is 23.9 Å². The van der Waals surface area contributed by atoms with Crippen molar-refractivity contribution in [2.75, 3.05) is 26.2 Å². The largest absolute Gasteiger partial charge is 0.477 e. The number of amides is 3. The topological polar surface area (TPSA) is 100 Å². The number of aromatic nitrogens is 2. The van der Waals surface area contributed by atoms with E-state index in [4.69, 9.17) is 42.9 Å². The number of rotatable bonds is 5. The molecular weight excluding hydrogens is 587 g/mol.